The van der Waals surface area contributed by atoms with E-state index in [1.54, 1.807) is 19.9 Å². The highest BCUT2D eigenvalue weighted by Crippen LogP contribution is 2.38. The quantitative estimate of drug-likeness (QED) is 0.472. The lowest BCUT2D eigenvalue weighted by molar-refractivity contribution is -0.385. The van der Waals surface area contributed by atoms with Crippen LogP contribution >= 0.6 is 0 Å². The molecule has 1 saturated carbocycles. The molecular weight excluding hydrogens is 340 g/mol. The fourth-order valence-corrected chi connectivity index (χ4v) is 3.66. The second-order valence-electron chi connectivity index (χ2n) is 6.88. The Kier molecular flexibility index (Phi) is 5.20. The van der Waals surface area contributed by atoms with E-state index in [0.29, 0.717) is 22.4 Å². The normalized spacial score (nSPS) is 15.1. The van der Waals surface area contributed by atoms with Gasteiger partial charge >= 0.3 is 0 Å². The lowest BCUT2D eigenvalue weighted by atomic mass is 9.84. The van der Waals surface area contributed by atoms with Crippen molar-refractivity contribution >= 4 is 5.69 Å². The number of nitrogens with zero attached hydrogens (tertiary/aromatic N) is 1. The van der Waals surface area contributed by atoms with Gasteiger partial charge in [0.05, 0.1) is 4.92 Å². The lowest BCUT2D eigenvalue weighted by Gasteiger charge is -2.23. The summed E-state index contributed by atoms with van der Waals surface area (Å²) in [5, 5.41) is 10.9. The Bertz CT molecular complexity index is 822. The van der Waals surface area contributed by atoms with Crippen LogP contribution in [0.1, 0.15) is 54.7 Å². The number of hydrogen-bond donors (Lipinski definition) is 0. The Balaban J connectivity index is 1.91. The van der Waals surface area contributed by atoms with Gasteiger partial charge in [0.25, 0.3) is 5.69 Å². The van der Waals surface area contributed by atoms with Crippen molar-refractivity contribution in [1.82, 2.24) is 0 Å². The molecule has 0 bridgehead atoms. The molecule has 0 spiro atoms. The van der Waals surface area contributed by atoms with Crippen molar-refractivity contribution in [2.75, 3.05) is 0 Å². The number of ether oxygens (including phenoxy) is 1. The minimum absolute atomic E-state index is 0.0511. The first-order chi connectivity index (χ1) is 12.4. The number of non-ortho nitro benzene ring substituents is 1. The summed E-state index contributed by atoms with van der Waals surface area (Å²) in [7, 11) is 0. The molecular formula is C20H21F2NO3. The van der Waals surface area contributed by atoms with Crippen LogP contribution in [0.5, 0.6) is 11.5 Å². The van der Waals surface area contributed by atoms with E-state index in [1.807, 2.05) is 0 Å². The standard InChI is InChI=1S/C20H21F2NO3/c1-12-10-15(23(24)25)11-13(2)20(12)26-17-9-8-16(18(21)19(17)22)14-6-4-3-5-7-14/h8-11,14H,3-7H2,1-2H3. The van der Waals surface area contributed by atoms with Crippen LogP contribution in [0.25, 0.3) is 0 Å². The molecule has 0 N–H and O–H groups in total. The molecule has 0 heterocycles. The van der Waals surface area contributed by atoms with E-state index in [2.05, 4.69) is 0 Å². The predicted octanol–water partition coefficient (Wildman–Crippen LogP) is 6.33. The fourth-order valence-electron chi connectivity index (χ4n) is 3.66. The topological polar surface area (TPSA) is 52.4 Å². The van der Waals surface area contributed by atoms with Crippen LogP contribution in [-0.2, 0) is 0 Å². The van der Waals surface area contributed by atoms with Crippen LogP contribution in [0.3, 0.4) is 0 Å². The van der Waals surface area contributed by atoms with E-state index in [9.17, 15) is 18.9 Å². The first-order valence-corrected chi connectivity index (χ1v) is 8.80. The molecule has 4 nitrogen and oxygen atoms in total. The number of aryl methyl sites for hydroxylation is 2. The fraction of sp³-hybridized carbons (Fsp3) is 0.400. The summed E-state index contributed by atoms with van der Waals surface area (Å²) in [4.78, 5) is 10.4. The van der Waals surface area contributed by atoms with Crippen molar-refractivity contribution in [2.24, 2.45) is 0 Å². The van der Waals surface area contributed by atoms with E-state index in [1.165, 1.54) is 18.2 Å². The Morgan fingerprint density at radius 1 is 1.04 bits per heavy atom. The van der Waals surface area contributed by atoms with Gasteiger partial charge in [0, 0.05) is 12.1 Å². The maximum atomic E-state index is 14.6. The van der Waals surface area contributed by atoms with Crippen LogP contribution in [0.2, 0.25) is 0 Å². The molecule has 0 amide bonds. The predicted molar refractivity (Wildman–Crippen MR) is 94.8 cm³/mol. The van der Waals surface area contributed by atoms with Crippen molar-refractivity contribution in [1.29, 1.82) is 0 Å². The largest absolute Gasteiger partial charge is 0.454 e. The molecule has 138 valence electrons. The van der Waals surface area contributed by atoms with Crippen molar-refractivity contribution in [2.45, 2.75) is 51.9 Å². The summed E-state index contributed by atoms with van der Waals surface area (Å²) in [5.74, 6) is -1.71. The molecule has 0 aromatic heterocycles. The van der Waals surface area contributed by atoms with Gasteiger partial charge in [0.15, 0.2) is 11.6 Å². The van der Waals surface area contributed by atoms with Gasteiger partial charge in [-0.1, -0.05) is 25.3 Å². The molecule has 2 aromatic carbocycles. The zero-order valence-corrected chi connectivity index (χ0v) is 14.9. The van der Waals surface area contributed by atoms with E-state index in [-0.39, 0.29) is 17.4 Å². The molecule has 2 aromatic rings. The third kappa shape index (κ3) is 3.54. The molecule has 26 heavy (non-hydrogen) atoms. The van der Waals surface area contributed by atoms with Gasteiger partial charge in [-0.3, -0.25) is 10.1 Å². The van der Waals surface area contributed by atoms with Gasteiger partial charge in [0.2, 0.25) is 5.82 Å². The number of hydrogen-bond acceptors (Lipinski definition) is 3. The smallest absolute Gasteiger partial charge is 0.270 e. The maximum absolute atomic E-state index is 14.6. The van der Waals surface area contributed by atoms with Gasteiger partial charge < -0.3 is 4.74 Å². The maximum Gasteiger partial charge on any atom is 0.270 e. The van der Waals surface area contributed by atoms with E-state index in [4.69, 9.17) is 4.74 Å². The van der Waals surface area contributed by atoms with Gasteiger partial charge in [-0.05, 0) is 55.4 Å². The van der Waals surface area contributed by atoms with E-state index in [0.717, 1.165) is 32.1 Å². The monoisotopic (exact) mass is 361 g/mol. The van der Waals surface area contributed by atoms with Crippen molar-refractivity contribution in [3.8, 4) is 11.5 Å². The molecule has 0 aliphatic heterocycles. The SMILES string of the molecule is Cc1cc([N+](=O)[O-])cc(C)c1Oc1ccc(C2CCCCC2)c(F)c1F. The third-order valence-electron chi connectivity index (χ3n) is 4.99. The highest BCUT2D eigenvalue weighted by atomic mass is 19.2. The van der Waals surface area contributed by atoms with Crippen molar-refractivity contribution in [3.63, 3.8) is 0 Å². The molecule has 0 unspecified atom stereocenters. The minimum atomic E-state index is -1.01. The van der Waals surface area contributed by atoms with Crippen LogP contribution < -0.4 is 4.74 Å². The van der Waals surface area contributed by atoms with Gasteiger partial charge in [0.1, 0.15) is 5.75 Å². The first kappa shape index (κ1) is 18.3. The number of nitro groups is 1. The number of benzene rings is 2. The molecule has 1 aliphatic carbocycles. The molecule has 0 atom stereocenters. The molecule has 3 rings (SSSR count). The number of rotatable bonds is 4. The van der Waals surface area contributed by atoms with E-state index < -0.39 is 16.6 Å². The molecule has 6 heteroatoms. The highest BCUT2D eigenvalue weighted by Gasteiger charge is 2.24. The lowest BCUT2D eigenvalue weighted by Crippen LogP contribution is -2.08. The van der Waals surface area contributed by atoms with Crippen LogP contribution in [-0.4, -0.2) is 4.92 Å². The van der Waals surface area contributed by atoms with Gasteiger partial charge in [-0.2, -0.15) is 4.39 Å². The molecule has 1 aliphatic rings. The van der Waals surface area contributed by atoms with Crippen molar-refractivity contribution < 1.29 is 18.4 Å². The van der Waals surface area contributed by atoms with Crippen LogP contribution in [0.4, 0.5) is 14.5 Å². The minimum Gasteiger partial charge on any atom is -0.454 e. The van der Waals surface area contributed by atoms with Gasteiger partial charge in [-0.25, -0.2) is 4.39 Å². The summed E-state index contributed by atoms with van der Waals surface area (Å²) in [6.45, 7) is 3.28. The second-order valence-corrected chi connectivity index (χ2v) is 6.88. The molecule has 0 radical (unpaired) electrons. The van der Waals surface area contributed by atoms with Crippen LogP contribution in [0, 0.1) is 35.6 Å². The second kappa shape index (κ2) is 7.40. The number of nitro benzene ring substituents is 1. The summed E-state index contributed by atoms with van der Waals surface area (Å²) in [5.41, 5.74) is 1.33. The van der Waals surface area contributed by atoms with E-state index >= 15 is 0 Å². The molecule has 0 saturated heterocycles. The highest BCUT2D eigenvalue weighted by molar-refractivity contribution is 5.51. The Morgan fingerprint density at radius 2 is 1.65 bits per heavy atom. The van der Waals surface area contributed by atoms with Crippen LogP contribution in [0.15, 0.2) is 24.3 Å². The third-order valence-corrected chi connectivity index (χ3v) is 4.99. The Morgan fingerprint density at radius 3 is 2.23 bits per heavy atom. The Hall–Kier alpha value is -2.50. The Labute approximate surface area is 150 Å². The summed E-state index contributed by atoms with van der Waals surface area (Å²) in [6.07, 6.45) is 4.95. The van der Waals surface area contributed by atoms with Crippen molar-refractivity contribution in [3.05, 3.63) is 62.7 Å². The van der Waals surface area contributed by atoms with Gasteiger partial charge in [-0.15, -0.1) is 0 Å². The zero-order chi connectivity index (χ0) is 18.8. The summed E-state index contributed by atoms with van der Waals surface area (Å²) < 4.78 is 34.7. The average Bonchev–Trinajstić information content (AvgIpc) is 2.62. The first-order valence-electron chi connectivity index (χ1n) is 8.80. The number of halogens is 2. The zero-order valence-electron chi connectivity index (χ0n) is 14.9. The average molecular weight is 361 g/mol. The summed E-state index contributed by atoms with van der Waals surface area (Å²) in [6, 6.07) is 5.75. The summed E-state index contributed by atoms with van der Waals surface area (Å²) >= 11 is 0. The molecule has 1 fully saturated rings.